The van der Waals surface area contributed by atoms with E-state index in [-0.39, 0.29) is 12.5 Å². The molecule has 0 unspecified atom stereocenters. The van der Waals surface area contributed by atoms with Crippen molar-refractivity contribution < 1.29 is 19.1 Å². The van der Waals surface area contributed by atoms with Gasteiger partial charge in [0.1, 0.15) is 0 Å². The molecule has 0 atom stereocenters. The molecule has 0 aliphatic heterocycles. The summed E-state index contributed by atoms with van der Waals surface area (Å²) in [5.41, 5.74) is 0.967. The van der Waals surface area contributed by atoms with Gasteiger partial charge in [0, 0.05) is 18.3 Å². The largest absolute Gasteiger partial charge is 0.455 e. The molecule has 136 valence electrons. The van der Waals surface area contributed by atoms with Crippen LogP contribution in [0.3, 0.4) is 0 Å². The van der Waals surface area contributed by atoms with Gasteiger partial charge in [-0.2, -0.15) is 0 Å². The molecular formula is C20H22N2O4. The first kappa shape index (κ1) is 19.2. The van der Waals surface area contributed by atoms with Crippen molar-refractivity contribution in [1.82, 2.24) is 5.32 Å². The van der Waals surface area contributed by atoms with Crippen molar-refractivity contribution in [3.05, 3.63) is 65.7 Å². The standard InChI is InChI=1S/C20H22N2O4/c1-20(2,15-7-5-4-6-8-15)19(25)26-13-17(23)22-16-11-9-14(10-12-16)18(24)21-3/h4-12H,13H2,1-3H3,(H,21,24)(H,22,23). The van der Waals surface area contributed by atoms with Crippen molar-refractivity contribution >= 4 is 23.5 Å². The molecule has 6 nitrogen and oxygen atoms in total. The molecule has 0 radical (unpaired) electrons. The van der Waals surface area contributed by atoms with Gasteiger partial charge in [0.05, 0.1) is 5.41 Å². The summed E-state index contributed by atoms with van der Waals surface area (Å²) in [4.78, 5) is 35.8. The van der Waals surface area contributed by atoms with Crippen LogP contribution in [0.1, 0.15) is 29.8 Å². The number of carbonyl (C=O) groups excluding carboxylic acids is 3. The molecule has 2 rings (SSSR count). The van der Waals surface area contributed by atoms with Crippen LogP contribution in [-0.2, 0) is 19.7 Å². The molecule has 2 N–H and O–H groups in total. The fourth-order valence-electron chi connectivity index (χ4n) is 2.33. The maximum atomic E-state index is 12.3. The van der Waals surface area contributed by atoms with Crippen LogP contribution < -0.4 is 10.6 Å². The highest BCUT2D eigenvalue weighted by atomic mass is 16.5. The second-order valence-electron chi connectivity index (χ2n) is 6.27. The third-order valence-electron chi connectivity index (χ3n) is 4.00. The van der Waals surface area contributed by atoms with Gasteiger partial charge in [-0.05, 0) is 43.7 Å². The molecule has 0 aliphatic rings. The van der Waals surface area contributed by atoms with E-state index in [0.717, 1.165) is 5.56 Å². The molecule has 0 aliphatic carbocycles. The van der Waals surface area contributed by atoms with E-state index in [1.54, 1.807) is 45.2 Å². The highest BCUT2D eigenvalue weighted by Crippen LogP contribution is 2.24. The molecule has 6 heteroatoms. The molecule has 0 saturated heterocycles. The Labute approximate surface area is 152 Å². The lowest BCUT2D eigenvalue weighted by atomic mass is 9.85. The lowest BCUT2D eigenvalue weighted by Crippen LogP contribution is -2.33. The maximum Gasteiger partial charge on any atom is 0.316 e. The van der Waals surface area contributed by atoms with E-state index in [2.05, 4.69) is 10.6 Å². The number of hydrogen-bond donors (Lipinski definition) is 2. The van der Waals surface area contributed by atoms with Gasteiger partial charge in [-0.1, -0.05) is 30.3 Å². The van der Waals surface area contributed by atoms with E-state index in [1.807, 2.05) is 30.3 Å². The summed E-state index contributed by atoms with van der Waals surface area (Å²) in [6, 6.07) is 15.7. The Hall–Kier alpha value is -3.15. The van der Waals surface area contributed by atoms with Gasteiger partial charge in [-0.15, -0.1) is 0 Å². The zero-order valence-electron chi connectivity index (χ0n) is 15.0. The number of ether oxygens (including phenoxy) is 1. The Morgan fingerprint density at radius 2 is 1.58 bits per heavy atom. The van der Waals surface area contributed by atoms with Gasteiger partial charge in [-0.25, -0.2) is 0 Å². The number of anilines is 1. The van der Waals surface area contributed by atoms with Crippen molar-refractivity contribution in [3.8, 4) is 0 Å². The Kier molecular flexibility index (Phi) is 6.11. The van der Waals surface area contributed by atoms with E-state index >= 15 is 0 Å². The van der Waals surface area contributed by atoms with E-state index in [4.69, 9.17) is 4.74 Å². The van der Waals surface area contributed by atoms with Gasteiger partial charge < -0.3 is 15.4 Å². The molecule has 26 heavy (non-hydrogen) atoms. The zero-order valence-corrected chi connectivity index (χ0v) is 15.0. The molecule has 0 spiro atoms. The Morgan fingerprint density at radius 1 is 0.962 bits per heavy atom. The summed E-state index contributed by atoms with van der Waals surface area (Å²) in [6.07, 6.45) is 0. The van der Waals surface area contributed by atoms with Crippen LogP contribution in [0, 0.1) is 0 Å². The second kappa shape index (κ2) is 8.29. The van der Waals surface area contributed by atoms with Crippen LogP contribution in [0.15, 0.2) is 54.6 Å². The zero-order chi connectivity index (χ0) is 19.2. The fourth-order valence-corrected chi connectivity index (χ4v) is 2.33. The number of nitrogens with one attached hydrogen (secondary N) is 2. The molecule has 0 saturated carbocycles. The molecule has 2 amide bonds. The van der Waals surface area contributed by atoms with Gasteiger partial charge in [0.15, 0.2) is 6.61 Å². The monoisotopic (exact) mass is 354 g/mol. The average molecular weight is 354 g/mol. The predicted molar refractivity (Wildman–Crippen MR) is 98.9 cm³/mol. The van der Waals surface area contributed by atoms with Crippen LogP contribution in [-0.4, -0.2) is 31.4 Å². The summed E-state index contributed by atoms with van der Waals surface area (Å²) in [6.45, 7) is 3.12. The summed E-state index contributed by atoms with van der Waals surface area (Å²) in [5, 5.41) is 5.14. The van der Waals surface area contributed by atoms with Crippen molar-refractivity contribution in [1.29, 1.82) is 0 Å². The number of amides is 2. The molecule has 2 aromatic rings. The minimum absolute atomic E-state index is 0.208. The van der Waals surface area contributed by atoms with E-state index in [1.165, 1.54) is 0 Å². The molecular weight excluding hydrogens is 332 g/mol. The topological polar surface area (TPSA) is 84.5 Å². The Balaban J connectivity index is 1.90. The first-order chi connectivity index (χ1) is 12.3. The lowest BCUT2D eigenvalue weighted by molar-refractivity contribution is -0.152. The summed E-state index contributed by atoms with van der Waals surface area (Å²) >= 11 is 0. The molecule has 0 bridgehead atoms. The molecule has 0 aromatic heterocycles. The van der Waals surface area contributed by atoms with Gasteiger partial charge >= 0.3 is 5.97 Å². The van der Waals surface area contributed by atoms with Crippen LogP contribution in [0.5, 0.6) is 0 Å². The first-order valence-corrected chi connectivity index (χ1v) is 8.19. The predicted octanol–water partition coefficient (Wildman–Crippen LogP) is 2.51. The SMILES string of the molecule is CNC(=O)c1ccc(NC(=O)COC(=O)C(C)(C)c2ccccc2)cc1. The second-order valence-corrected chi connectivity index (χ2v) is 6.27. The quantitative estimate of drug-likeness (QED) is 0.781. The first-order valence-electron chi connectivity index (χ1n) is 8.19. The van der Waals surface area contributed by atoms with Crippen molar-refractivity contribution in [2.45, 2.75) is 19.3 Å². The lowest BCUT2D eigenvalue weighted by Gasteiger charge is -2.22. The summed E-state index contributed by atoms with van der Waals surface area (Å²) in [5.74, 6) is -1.14. The molecule has 2 aromatic carbocycles. The van der Waals surface area contributed by atoms with Crippen molar-refractivity contribution in [2.24, 2.45) is 0 Å². The Bertz CT molecular complexity index is 783. The van der Waals surface area contributed by atoms with E-state index in [9.17, 15) is 14.4 Å². The van der Waals surface area contributed by atoms with Crippen molar-refractivity contribution in [3.63, 3.8) is 0 Å². The maximum absolute atomic E-state index is 12.3. The third kappa shape index (κ3) is 4.69. The van der Waals surface area contributed by atoms with Gasteiger partial charge in [0.25, 0.3) is 11.8 Å². The minimum atomic E-state index is -0.850. The van der Waals surface area contributed by atoms with Gasteiger partial charge in [0.2, 0.25) is 0 Å². The van der Waals surface area contributed by atoms with Gasteiger partial charge in [-0.3, -0.25) is 14.4 Å². The number of rotatable bonds is 6. The minimum Gasteiger partial charge on any atom is -0.455 e. The number of carbonyl (C=O) groups is 3. The van der Waals surface area contributed by atoms with Crippen LogP contribution in [0.4, 0.5) is 5.69 Å². The van der Waals surface area contributed by atoms with E-state index in [0.29, 0.717) is 11.3 Å². The fraction of sp³-hybridized carbons (Fsp3) is 0.250. The summed E-state index contributed by atoms with van der Waals surface area (Å²) in [7, 11) is 1.54. The smallest absolute Gasteiger partial charge is 0.316 e. The number of benzene rings is 2. The van der Waals surface area contributed by atoms with Crippen LogP contribution in [0.2, 0.25) is 0 Å². The third-order valence-corrected chi connectivity index (χ3v) is 4.00. The normalized spacial score (nSPS) is 10.7. The van der Waals surface area contributed by atoms with Crippen LogP contribution >= 0.6 is 0 Å². The van der Waals surface area contributed by atoms with E-state index < -0.39 is 17.3 Å². The average Bonchev–Trinajstić information content (AvgIpc) is 2.66. The van der Waals surface area contributed by atoms with Crippen LogP contribution in [0.25, 0.3) is 0 Å². The number of esters is 1. The number of hydrogen-bond acceptors (Lipinski definition) is 4. The molecule has 0 heterocycles. The highest BCUT2D eigenvalue weighted by Gasteiger charge is 2.31. The Morgan fingerprint density at radius 3 is 2.15 bits per heavy atom. The summed E-state index contributed by atoms with van der Waals surface area (Å²) < 4.78 is 5.16. The van der Waals surface area contributed by atoms with Crippen molar-refractivity contribution in [2.75, 3.05) is 19.0 Å². The molecule has 0 fully saturated rings. The highest BCUT2D eigenvalue weighted by molar-refractivity contribution is 5.96.